The number of benzene rings is 3. The number of hydrogen-bond acceptors (Lipinski definition) is 6. The number of carbonyl (C=O) groups excluding carboxylic acids is 3. The van der Waals surface area contributed by atoms with E-state index in [2.05, 4.69) is 40.5 Å². The molecule has 1 saturated heterocycles. The molecule has 4 bridgehead atoms. The molecule has 8 nitrogen and oxygen atoms in total. The predicted octanol–water partition coefficient (Wildman–Crippen LogP) is 5.62. The molecule has 0 aromatic heterocycles. The number of rotatable bonds is 10. The number of hydrogen-bond donors (Lipinski definition) is 1. The van der Waals surface area contributed by atoms with E-state index in [1.165, 1.54) is 26.4 Å². The van der Waals surface area contributed by atoms with Crippen molar-refractivity contribution in [2.45, 2.75) is 51.2 Å². The van der Waals surface area contributed by atoms with Crippen molar-refractivity contribution in [1.82, 2.24) is 15.1 Å². The highest BCUT2D eigenvalue weighted by Gasteiger charge is 2.54. The van der Waals surface area contributed by atoms with Gasteiger partial charge in [-0.2, -0.15) is 0 Å². The zero-order chi connectivity index (χ0) is 32.4. The van der Waals surface area contributed by atoms with Crippen molar-refractivity contribution in [1.29, 1.82) is 0 Å². The molecule has 1 N–H and O–H groups in total. The molecule has 5 aliphatic rings. The molecule has 8 heteroatoms. The lowest BCUT2D eigenvalue weighted by Gasteiger charge is -2.55. The summed E-state index contributed by atoms with van der Waals surface area (Å²) < 4.78 is 11.2. The number of piperazine rings is 1. The Morgan fingerprint density at radius 2 is 1.43 bits per heavy atom. The first-order chi connectivity index (χ1) is 22.9. The van der Waals surface area contributed by atoms with Crippen LogP contribution in [0.1, 0.15) is 71.6 Å². The summed E-state index contributed by atoms with van der Waals surface area (Å²) in [6, 6.07) is 25.8. The molecule has 3 aromatic rings. The van der Waals surface area contributed by atoms with Gasteiger partial charge >= 0.3 is 5.97 Å². The molecule has 4 aliphatic carbocycles. The summed E-state index contributed by atoms with van der Waals surface area (Å²) in [6.45, 7) is 3.06. The van der Waals surface area contributed by atoms with E-state index in [4.69, 9.17) is 9.47 Å². The smallest absolute Gasteiger partial charge is 0.337 e. The lowest BCUT2D eigenvalue weighted by molar-refractivity contribution is -0.148. The quantitative estimate of drug-likeness (QED) is 0.291. The van der Waals surface area contributed by atoms with Gasteiger partial charge in [-0.1, -0.05) is 60.7 Å². The minimum absolute atomic E-state index is 0.000871. The van der Waals surface area contributed by atoms with Crippen LogP contribution >= 0.6 is 0 Å². The first-order valence-electron chi connectivity index (χ1n) is 17.1. The van der Waals surface area contributed by atoms with Crippen LogP contribution in [0.5, 0.6) is 5.75 Å². The molecule has 246 valence electrons. The summed E-state index contributed by atoms with van der Waals surface area (Å²) in [5.41, 5.74) is 3.44. The lowest BCUT2D eigenvalue weighted by Crippen LogP contribution is -2.56. The highest BCUT2D eigenvalue weighted by molar-refractivity contribution is 5.89. The van der Waals surface area contributed by atoms with Crippen LogP contribution in [0.15, 0.2) is 78.9 Å². The van der Waals surface area contributed by atoms with Crippen LogP contribution in [0.2, 0.25) is 0 Å². The van der Waals surface area contributed by atoms with Gasteiger partial charge in [-0.3, -0.25) is 14.5 Å². The molecule has 1 unspecified atom stereocenters. The first kappa shape index (κ1) is 31.4. The number of nitrogens with zero attached hydrogens (tertiary/aromatic N) is 2. The van der Waals surface area contributed by atoms with E-state index in [1.54, 1.807) is 12.1 Å². The van der Waals surface area contributed by atoms with Gasteiger partial charge in [0.1, 0.15) is 12.4 Å². The number of amides is 2. The highest BCUT2D eigenvalue weighted by atomic mass is 16.5. The molecule has 0 radical (unpaired) electrons. The zero-order valence-electron chi connectivity index (χ0n) is 27.2. The molecule has 3 aromatic carbocycles. The van der Waals surface area contributed by atoms with Gasteiger partial charge in [0, 0.05) is 37.2 Å². The second-order valence-electron chi connectivity index (χ2n) is 14.1. The summed E-state index contributed by atoms with van der Waals surface area (Å²) in [7, 11) is 1.38. The molecule has 1 heterocycles. The fourth-order valence-electron chi connectivity index (χ4n) is 9.15. The van der Waals surface area contributed by atoms with Crippen molar-refractivity contribution >= 4 is 17.8 Å². The van der Waals surface area contributed by atoms with Crippen LogP contribution in [0.4, 0.5) is 0 Å². The van der Waals surface area contributed by atoms with Crippen molar-refractivity contribution in [2.24, 2.45) is 23.2 Å². The van der Waals surface area contributed by atoms with Crippen LogP contribution < -0.4 is 10.1 Å². The third kappa shape index (κ3) is 6.66. The summed E-state index contributed by atoms with van der Waals surface area (Å²) in [4.78, 5) is 42.9. The average molecular weight is 636 g/mol. The second kappa shape index (κ2) is 13.5. The second-order valence-corrected chi connectivity index (χ2v) is 14.1. The number of methoxy groups -OCH3 is 1. The SMILES string of the molecule is COC(=O)c1ccc(COc2ccccc2C(c2ccccc2)N2CCN(C(=O)CNC(=O)C34CC5CC(CC(C5)C3)C4)CC2)cc1. The van der Waals surface area contributed by atoms with Crippen LogP contribution in [-0.4, -0.2) is 67.4 Å². The van der Waals surface area contributed by atoms with Gasteiger partial charge in [0.2, 0.25) is 11.8 Å². The number of esters is 1. The maximum absolute atomic E-state index is 13.4. The van der Waals surface area contributed by atoms with E-state index in [-0.39, 0.29) is 35.8 Å². The Hall–Kier alpha value is -4.17. The maximum Gasteiger partial charge on any atom is 0.337 e. The molecular formula is C39H45N3O5. The third-order valence-corrected chi connectivity index (χ3v) is 11.1. The number of para-hydroxylation sites is 1. The molecule has 2 amide bonds. The normalized spacial score (nSPS) is 25.6. The minimum atomic E-state index is -0.363. The van der Waals surface area contributed by atoms with Gasteiger partial charge in [-0.05, 0) is 85.6 Å². The Bertz CT molecular complexity index is 1550. The molecule has 1 atom stereocenters. The fraction of sp³-hybridized carbons (Fsp3) is 0.462. The third-order valence-electron chi connectivity index (χ3n) is 11.1. The van der Waals surface area contributed by atoms with E-state index in [1.807, 2.05) is 41.3 Å². The van der Waals surface area contributed by atoms with Gasteiger partial charge in [0.05, 0.1) is 25.3 Å². The molecule has 4 saturated carbocycles. The van der Waals surface area contributed by atoms with Gasteiger partial charge in [-0.25, -0.2) is 4.79 Å². The molecule has 1 aliphatic heterocycles. The minimum Gasteiger partial charge on any atom is -0.489 e. The summed E-state index contributed by atoms with van der Waals surface area (Å²) in [5.74, 6) is 2.64. The Balaban J connectivity index is 0.995. The Labute approximate surface area is 277 Å². The van der Waals surface area contributed by atoms with E-state index < -0.39 is 0 Å². The van der Waals surface area contributed by atoms with Crippen molar-refractivity contribution in [2.75, 3.05) is 39.8 Å². The number of carbonyl (C=O) groups is 3. The molecule has 0 spiro atoms. The van der Waals surface area contributed by atoms with E-state index in [0.29, 0.717) is 56.1 Å². The largest absolute Gasteiger partial charge is 0.489 e. The zero-order valence-corrected chi connectivity index (χ0v) is 27.2. The first-order valence-corrected chi connectivity index (χ1v) is 17.1. The Kier molecular flexibility index (Phi) is 9.04. The van der Waals surface area contributed by atoms with E-state index >= 15 is 0 Å². The number of nitrogens with one attached hydrogen (secondary N) is 1. The van der Waals surface area contributed by atoms with E-state index in [9.17, 15) is 14.4 Å². The lowest BCUT2D eigenvalue weighted by atomic mass is 9.49. The Morgan fingerprint density at radius 1 is 0.809 bits per heavy atom. The van der Waals surface area contributed by atoms with Gasteiger partial charge in [0.25, 0.3) is 0 Å². The summed E-state index contributed by atoms with van der Waals surface area (Å²) in [6.07, 6.45) is 6.90. The fourth-order valence-corrected chi connectivity index (χ4v) is 9.15. The average Bonchev–Trinajstić information content (AvgIpc) is 3.10. The van der Waals surface area contributed by atoms with Crippen molar-refractivity contribution in [3.05, 3.63) is 101 Å². The van der Waals surface area contributed by atoms with Crippen LogP contribution in [0, 0.1) is 23.2 Å². The highest BCUT2D eigenvalue weighted by Crippen LogP contribution is 2.60. The van der Waals surface area contributed by atoms with Crippen LogP contribution in [-0.2, 0) is 20.9 Å². The standard InChI is InChI=1S/C39H45N3O5/c1-46-37(44)32-13-11-27(12-14-32)26-47-34-10-6-5-9-33(34)36(31-7-3-2-4-8-31)42-17-15-41(16-18-42)35(43)25-40-38(45)39-22-28-19-29(23-39)21-30(20-28)24-39/h2-14,28-30,36H,15-26H2,1H3,(H,40,45). The van der Waals surface area contributed by atoms with Gasteiger partial charge in [-0.15, -0.1) is 0 Å². The van der Waals surface area contributed by atoms with Crippen molar-refractivity contribution < 1.29 is 23.9 Å². The molecule has 8 rings (SSSR count). The summed E-state index contributed by atoms with van der Waals surface area (Å²) in [5, 5.41) is 3.09. The molecule has 5 fully saturated rings. The van der Waals surface area contributed by atoms with E-state index in [0.717, 1.165) is 41.7 Å². The molecular weight excluding hydrogens is 590 g/mol. The Morgan fingerprint density at radius 3 is 2.06 bits per heavy atom. The van der Waals surface area contributed by atoms with Gasteiger partial charge in [0.15, 0.2) is 0 Å². The predicted molar refractivity (Wildman–Crippen MR) is 179 cm³/mol. The van der Waals surface area contributed by atoms with Gasteiger partial charge < -0.3 is 19.7 Å². The topological polar surface area (TPSA) is 88.2 Å². The van der Waals surface area contributed by atoms with Crippen LogP contribution in [0.25, 0.3) is 0 Å². The van der Waals surface area contributed by atoms with Crippen molar-refractivity contribution in [3.63, 3.8) is 0 Å². The van der Waals surface area contributed by atoms with Crippen molar-refractivity contribution in [3.8, 4) is 5.75 Å². The summed E-state index contributed by atoms with van der Waals surface area (Å²) >= 11 is 0. The number of ether oxygens (including phenoxy) is 2. The monoisotopic (exact) mass is 635 g/mol. The molecule has 47 heavy (non-hydrogen) atoms. The maximum atomic E-state index is 13.4. The van der Waals surface area contributed by atoms with Crippen LogP contribution in [0.3, 0.4) is 0 Å².